The highest BCUT2D eigenvalue weighted by Gasteiger charge is 2.00. The number of aryl methyl sites for hydroxylation is 1. The number of hydrogen-bond acceptors (Lipinski definition) is 2. The smallest absolute Gasteiger partial charge is 0.0416 e. The van der Waals surface area contributed by atoms with Gasteiger partial charge in [-0.3, -0.25) is 4.98 Å². The quantitative estimate of drug-likeness (QED) is 0.813. The minimum atomic E-state index is 0.931. The van der Waals surface area contributed by atoms with Gasteiger partial charge in [0.15, 0.2) is 0 Å². The van der Waals surface area contributed by atoms with Gasteiger partial charge in [0, 0.05) is 31.4 Å². The summed E-state index contributed by atoms with van der Waals surface area (Å²) in [6.45, 7) is 6.24. The van der Waals surface area contributed by atoms with Crippen LogP contribution in [0.1, 0.15) is 22.4 Å². The maximum Gasteiger partial charge on any atom is 0.0416 e. The lowest BCUT2D eigenvalue weighted by Gasteiger charge is -2.09. The van der Waals surface area contributed by atoms with Gasteiger partial charge in [-0.1, -0.05) is 24.3 Å². The molecule has 0 bridgehead atoms. The fourth-order valence-electron chi connectivity index (χ4n) is 1.99. The van der Waals surface area contributed by atoms with Gasteiger partial charge in [-0.15, -0.1) is 0 Å². The largest absolute Gasteiger partial charge is 0.312 e. The van der Waals surface area contributed by atoms with Gasteiger partial charge in [0.05, 0.1) is 0 Å². The molecule has 2 aromatic rings. The Kier molecular flexibility index (Phi) is 4.48. The maximum atomic E-state index is 4.31. The molecular weight excluding hydrogens is 220 g/mol. The molecule has 2 nitrogen and oxygen atoms in total. The van der Waals surface area contributed by atoms with Crippen LogP contribution < -0.4 is 5.32 Å². The van der Waals surface area contributed by atoms with Gasteiger partial charge in [-0.2, -0.15) is 0 Å². The highest BCUT2D eigenvalue weighted by molar-refractivity contribution is 5.32. The highest BCUT2D eigenvalue weighted by atomic mass is 14.9. The van der Waals surface area contributed by atoms with Crippen molar-refractivity contribution >= 4 is 0 Å². The zero-order chi connectivity index (χ0) is 12.8. The molecule has 1 heterocycles. The van der Waals surface area contributed by atoms with Gasteiger partial charge in [0.1, 0.15) is 0 Å². The Morgan fingerprint density at radius 3 is 2.72 bits per heavy atom. The van der Waals surface area contributed by atoms with Crippen molar-refractivity contribution in [3.63, 3.8) is 0 Å². The normalized spacial score (nSPS) is 10.6. The third kappa shape index (κ3) is 3.41. The lowest BCUT2D eigenvalue weighted by atomic mass is 10.0. The van der Waals surface area contributed by atoms with Crippen LogP contribution in [0.25, 0.3) is 0 Å². The van der Waals surface area contributed by atoms with E-state index >= 15 is 0 Å². The molecule has 0 aliphatic rings. The van der Waals surface area contributed by atoms with E-state index in [-0.39, 0.29) is 0 Å². The Hall–Kier alpha value is -1.67. The summed E-state index contributed by atoms with van der Waals surface area (Å²) in [5.41, 5.74) is 5.28. The number of nitrogens with one attached hydrogen (secondary N) is 1. The van der Waals surface area contributed by atoms with Crippen LogP contribution in [0.15, 0.2) is 42.6 Å². The number of aromatic nitrogens is 1. The molecule has 0 aliphatic heterocycles. The van der Waals surface area contributed by atoms with Crippen molar-refractivity contribution in [2.45, 2.75) is 26.8 Å². The Morgan fingerprint density at radius 2 is 1.94 bits per heavy atom. The summed E-state index contributed by atoms with van der Waals surface area (Å²) in [4.78, 5) is 4.31. The van der Waals surface area contributed by atoms with Gasteiger partial charge in [-0.25, -0.2) is 0 Å². The standard InChI is InChI=1S/C16H20N2/c1-13-6-5-7-15(14(13)2)12-17-11-9-16-8-3-4-10-18-16/h3-8,10,17H,9,11-12H2,1-2H3. The molecular formula is C16H20N2. The molecule has 1 N–H and O–H groups in total. The number of hydrogen-bond donors (Lipinski definition) is 1. The lowest BCUT2D eigenvalue weighted by Crippen LogP contribution is -2.17. The molecule has 0 fully saturated rings. The summed E-state index contributed by atoms with van der Waals surface area (Å²) < 4.78 is 0. The van der Waals surface area contributed by atoms with Crippen LogP contribution >= 0.6 is 0 Å². The molecule has 0 spiro atoms. The SMILES string of the molecule is Cc1cccc(CNCCc2ccccn2)c1C. The zero-order valence-corrected chi connectivity index (χ0v) is 11.1. The maximum absolute atomic E-state index is 4.31. The van der Waals surface area contributed by atoms with E-state index in [1.54, 1.807) is 0 Å². The summed E-state index contributed by atoms with van der Waals surface area (Å²) in [5, 5.41) is 3.48. The van der Waals surface area contributed by atoms with E-state index in [1.165, 1.54) is 16.7 Å². The first-order valence-corrected chi connectivity index (χ1v) is 6.43. The minimum Gasteiger partial charge on any atom is -0.312 e. The molecule has 0 amide bonds. The van der Waals surface area contributed by atoms with E-state index in [9.17, 15) is 0 Å². The number of pyridine rings is 1. The lowest BCUT2D eigenvalue weighted by molar-refractivity contribution is 0.677. The van der Waals surface area contributed by atoms with E-state index in [0.717, 1.165) is 25.2 Å². The van der Waals surface area contributed by atoms with Crippen LogP contribution in [-0.4, -0.2) is 11.5 Å². The molecule has 2 heteroatoms. The van der Waals surface area contributed by atoms with Crippen molar-refractivity contribution in [2.75, 3.05) is 6.54 Å². The predicted octanol–water partition coefficient (Wildman–Crippen LogP) is 3.03. The zero-order valence-electron chi connectivity index (χ0n) is 11.1. The van der Waals surface area contributed by atoms with Gasteiger partial charge < -0.3 is 5.32 Å². The Morgan fingerprint density at radius 1 is 1.06 bits per heavy atom. The van der Waals surface area contributed by atoms with Gasteiger partial charge >= 0.3 is 0 Å². The van der Waals surface area contributed by atoms with Crippen molar-refractivity contribution in [3.8, 4) is 0 Å². The highest BCUT2D eigenvalue weighted by Crippen LogP contribution is 2.12. The predicted molar refractivity (Wildman–Crippen MR) is 75.6 cm³/mol. The molecule has 18 heavy (non-hydrogen) atoms. The number of nitrogens with zero attached hydrogens (tertiary/aromatic N) is 1. The van der Waals surface area contributed by atoms with Gasteiger partial charge in [0.25, 0.3) is 0 Å². The Balaban J connectivity index is 1.81. The second-order valence-corrected chi connectivity index (χ2v) is 4.61. The molecule has 0 radical (unpaired) electrons. The van der Waals surface area contributed by atoms with Crippen molar-refractivity contribution in [1.82, 2.24) is 10.3 Å². The topological polar surface area (TPSA) is 24.9 Å². The monoisotopic (exact) mass is 240 g/mol. The van der Waals surface area contributed by atoms with Crippen molar-refractivity contribution in [3.05, 3.63) is 65.0 Å². The summed E-state index contributed by atoms with van der Waals surface area (Å²) in [6, 6.07) is 12.5. The van der Waals surface area contributed by atoms with E-state index in [0.29, 0.717) is 0 Å². The fraction of sp³-hybridized carbons (Fsp3) is 0.312. The molecule has 1 aromatic heterocycles. The van der Waals surface area contributed by atoms with Crippen LogP contribution in [0.2, 0.25) is 0 Å². The second-order valence-electron chi connectivity index (χ2n) is 4.61. The molecule has 0 saturated heterocycles. The molecule has 2 rings (SSSR count). The van der Waals surface area contributed by atoms with Crippen LogP contribution in [0.5, 0.6) is 0 Å². The summed E-state index contributed by atoms with van der Waals surface area (Å²) >= 11 is 0. The Bertz CT molecular complexity index is 492. The van der Waals surface area contributed by atoms with Gasteiger partial charge in [0.2, 0.25) is 0 Å². The van der Waals surface area contributed by atoms with Crippen molar-refractivity contribution in [2.24, 2.45) is 0 Å². The molecule has 0 saturated carbocycles. The van der Waals surface area contributed by atoms with Gasteiger partial charge in [-0.05, 0) is 42.7 Å². The van der Waals surface area contributed by atoms with E-state index in [2.05, 4.69) is 48.4 Å². The van der Waals surface area contributed by atoms with E-state index in [1.807, 2.05) is 18.3 Å². The van der Waals surface area contributed by atoms with E-state index < -0.39 is 0 Å². The van der Waals surface area contributed by atoms with E-state index in [4.69, 9.17) is 0 Å². The second kappa shape index (κ2) is 6.31. The third-order valence-electron chi connectivity index (χ3n) is 3.32. The molecule has 94 valence electrons. The first-order valence-electron chi connectivity index (χ1n) is 6.43. The average molecular weight is 240 g/mol. The van der Waals surface area contributed by atoms with Crippen LogP contribution in [0.4, 0.5) is 0 Å². The third-order valence-corrected chi connectivity index (χ3v) is 3.32. The summed E-state index contributed by atoms with van der Waals surface area (Å²) in [6.07, 6.45) is 2.83. The van der Waals surface area contributed by atoms with Crippen molar-refractivity contribution in [1.29, 1.82) is 0 Å². The number of rotatable bonds is 5. The average Bonchev–Trinajstić information content (AvgIpc) is 2.40. The summed E-state index contributed by atoms with van der Waals surface area (Å²) in [7, 11) is 0. The Labute approximate surface area is 109 Å². The minimum absolute atomic E-state index is 0.931. The molecule has 0 atom stereocenters. The van der Waals surface area contributed by atoms with Crippen LogP contribution in [-0.2, 0) is 13.0 Å². The van der Waals surface area contributed by atoms with Crippen molar-refractivity contribution < 1.29 is 0 Å². The fourth-order valence-corrected chi connectivity index (χ4v) is 1.99. The number of benzene rings is 1. The molecule has 0 aliphatic carbocycles. The molecule has 0 unspecified atom stereocenters. The van der Waals surface area contributed by atoms with Crippen LogP contribution in [0.3, 0.4) is 0 Å². The first-order chi connectivity index (χ1) is 8.77. The molecule has 1 aromatic carbocycles. The van der Waals surface area contributed by atoms with Crippen LogP contribution in [0, 0.1) is 13.8 Å². The first kappa shape index (κ1) is 12.8. The summed E-state index contributed by atoms with van der Waals surface area (Å²) in [5.74, 6) is 0.